The molecule has 0 aromatic heterocycles. The van der Waals surface area contributed by atoms with Gasteiger partial charge in [-0.05, 0) is 58.2 Å². The van der Waals surface area contributed by atoms with Gasteiger partial charge in [0.25, 0.3) is 0 Å². The first-order valence-electron chi connectivity index (χ1n) is 6.81. The number of hydrogen-bond donors (Lipinski definition) is 1. The summed E-state index contributed by atoms with van der Waals surface area (Å²) in [6.07, 6.45) is 0.271. The highest BCUT2D eigenvalue weighted by atomic mass is 79.9. The maximum atomic E-state index is 12.2. The van der Waals surface area contributed by atoms with Crippen LogP contribution in [0.15, 0.2) is 40.9 Å². The fourth-order valence-electron chi connectivity index (χ4n) is 2.14. The van der Waals surface area contributed by atoms with Crippen LogP contribution in [0.4, 0.5) is 5.69 Å². The van der Waals surface area contributed by atoms with Crippen LogP contribution in [0.25, 0.3) is 0 Å². The monoisotopic (exact) mass is 363 g/mol. The second-order valence-corrected chi connectivity index (χ2v) is 5.69. The Hall–Kier alpha value is -2.01. The smallest absolute Gasteiger partial charge is 0.228 e. The van der Waals surface area contributed by atoms with E-state index in [1.165, 1.54) is 0 Å². The predicted octanol–water partition coefficient (Wildman–Crippen LogP) is 3.96. The minimum atomic E-state index is -0.0813. The minimum Gasteiger partial charge on any atom is -0.493 e. The second-order valence-electron chi connectivity index (χ2n) is 4.84. The number of halogens is 1. The standard InChI is InChI=1S/C17H18BrNO3/c1-11-8-15(21-2)16(22-3)9-12(11)10-17(20)19-14-7-5-4-6-13(14)18/h4-9H,10H2,1-3H3,(H,19,20). The molecular formula is C17H18BrNO3. The van der Waals surface area contributed by atoms with Crippen LogP contribution in [0.2, 0.25) is 0 Å². The maximum Gasteiger partial charge on any atom is 0.228 e. The van der Waals surface area contributed by atoms with E-state index in [2.05, 4.69) is 21.2 Å². The molecule has 2 aromatic carbocycles. The van der Waals surface area contributed by atoms with Crippen molar-refractivity contribution >= 4 is 27.5 Å². The zero-order chi connectivity index (χ0) is 16.1. The lowest BCUT2D eigenvalue weighted by Crippen LogP contribution is -2.15. The van der Waals surface area contributed by atoms with Crippen LogP contribution in [0, 0.1) is 6.92 Å². The highest BCUT2D eigenvalue weighted by Gasteiger charge is 2.12. The average Bonchev–Trinajstić information content (AvgIpc) is 2.51. The van der Waals surface area contributed by atoms with Crippen LogP contribution in [-0.4, -0.2) is 20.1 Å². The van der Waals surface area contributed by atoms with E-state index in [1.54, 1.807) is 14.2 Å². The number of amides is 1. The molecule has 4 nitrogen and oxygen atoms in total. The highest BCUT2D eigenvalue weighted by molar-refractivity contribution is 9.10. The molecule has 1 amide bonds. The number of carbonyl (C=O) groups excluding carboxylic acids is 1. The van der Waals surface area contributed by atoms with Crippen molar-refractivity contribution in [1.29, 1.82) is 0 Å². The SMILES string of the molecule is COc1cc(C)c(CC(=O)Nc2ccccc2Br)cc1OC. The first-order valence-corrected chi connectivity index (χ1v) is 7.60. The van der Waals surface area contributed by atoms with Crippen LogP contribution >= 0.6 is 15.9 Å². The largest absolute Gasteiger partial charge is 0.493 e. The molecule has 22 heavy (non-hydrogen) atoms. The number of para-hydroxylation sites is 1. The predicted molar refractivity (Wildman–Crippen MR) is 90.8 cm³/mol. The van der Waals surface area contributed by atoms with Crippen molar-refractivity contribution < 1.29 is 14.3 Å². The van der Waals surface area contributed by atoms with Gasteiger partial charge < -0.3 is 14.8 Å². The third kappa shape index (κ3) is 3.80. The number of aryl methyl sites for hydroxylation is 1. The van der Waals surface area contributed by atoms with Crippen molar-refractivity contribution in [2.24, 2.45) is 0 Å². The summed E-state index contributed by atoms with van der Waals surface area (Å²) in [7, 11) is 3.18. The molecule has 0 atom stereocenters. The minimum absolute atomic E-state index is 0.0813. The Morgan fingerprint density at radius 1 is 1.14 bits per heavy atom. The van der Waals surface area contributed by atoms with E-state index in [1.807, 2.05) is 43.3 Å². The molecule has 0 aliphatic carbocycles. The summed E-state index contributed by atoms with van der Waals surface area (Å²) in [4.78, 5) is 12.2. The van der Waals surface area contributed by atoms with Gasteiger partial charge >= 0.3 is 0 Å². The van der Waals surface area contributed by atoms with Gasteiger partial charge in [-0.15, -0.1) is 0 Å². The molecule has 0 unspecified atom stereocenters. The van der Waals surface area contributed by atoms with Crippen molar-refractivity contribution in [2.45, 2.75) is 13.3 Å². The van der Waals surface area contributed by atoms with Gasteiger partial charge in [0.2, 0.25) is 5.91 Å². The van der Waals surface area contributed by atoms with Crippen molar-refractivity contribution in [3.8, 4) is 11.5 Å². The third-order valence-corrected chi connectivity index (χ3v) is 4.03. The summed E-state index contributed by atoms with van der Waals surface area (Å²) < 4.78 is 11.4. The van der Waals surface area contributed by atoms with Crippen LogP contribution < -0.4 is 14.8 Å². The Kier molecular flexibility index (Phi) is 5.44. The molecule has 0 heterocycles. The Balaban J connectivity index is 2.16. The molecule has 0 aliphatic heterocycles. The molecule has 0 radical (unpaired) electrons. The van der Waals surface area contributed by atoms with Crippen LogP contribution in [0.5, 0.6) is 11.5 Å². The molecule has 5 heteroatoms. The molecule has 0 aliphatic rings. The summed E-state index contributed by atoms with van der Waals surface area (Å²) in [5.74, 6) is 1.20. The van der Waals surface area contributed by atoms with Crippen molar-refractivity contribution in [3.63, 3.8) is 0 Å². The van der Waals surface area contributed by atoms with Gasteiger partial charge in [-0.25, -0.2) is 0 Å². The number of methoxy groups -OCH3 is 2. The van der Waals surface area contributed by atoms with E-state index in [0.717, 1.165) is 21.3 Å². The first-order chi connectivity index (χ1) is 10.5. The lowest BCUT2D eigenvalue weighted by molar-refractivity contribution is -0.115. The normalized spacial score (nSPS) is 10.2. The molecule has 0 spiro atoms. The van der Waals surface area contributed by atoms with Gasteiger partial charge in [0.15, 0.2) is 11.5 Å². The van der Waals surface area contributed by atoms with E-state index in [0.29, 0.717) is 11.5 Å². The maximum absolute atomic E-state index is 12.2. The van der Waals surface area contributed by atoms with Gasteiger partial charge in [0.05, 0.1) is 26.3 Å². The second kappa shape index (κ2) is 7.31. The number of hydrogen-bond acceptors (Lipinski definition) is 3. The quantitative estimate of drug-likeness (QED) is 0.874. The van der Waals surface area contributed by atoms with E-state index in [9.17, 15) is 4.79 Å². The Bertz CT molecular complexity index is 686. The lowest BCUT2D eigenvalue weighted by atomic mass is 10.0. The third-order valence-electron chi connectivity index (χ3n) is 3.34. The molecule has 1 N–H and O–H groups in total. The molecule has 0 bridgehead atoms. The van der Waals surface area contributed by atoms with Gasteiger partial charge in [-0.3, -0.25) is 4.79 Å². The van der Waals surface area contributed by atoms with Gasteiger partial charge in [-0.2, -0.15) is 0 Å². The molecule has 2 rings (SSSR count). The van der Waals surface area contributed by atoms with Crippen molar-refractivity contribution in [1.82, 2.24) is 0 Å². The molecule has 2 aromatic rings. The van der Waals surface area contributed by atoms with Crippen molar-refractivity contribution in [3.05, 3.63) is 52.0 Å². The van der Waals surface area contributed by atoms with Crippen LogP contribution in [0.3, 0.4) is 0 Å². The van der Waals surface area contributed by atoms with E-state index in [4.69, 9.17) is 9.47 Å². The summed E-state index contributed by atoms with van der Waals surface area (Å²) in [5.41, 5.74) is 2.65. The van der Waals surface area contributed by atoms with Crippen LogP contribution in [-0.2, 0) is 11.2 Å². The Labute approximate surface area is 138 Å². The molecule has 0 saturated carbocycles. The zero-order valence-corrected chi connectivity index (χ0v) is 14.4. The summed E-state index contributed by atoms with van der Waals surface area (Å²) in [5, 5.41) is 2.89. The van der Waals surface area contributed by atoms with Gasteiger partial charge in [-0.1, -0.05) is 12.1 Å². The molecule has 0 fully saturated rings. The van der Waals surface area contributed by atoms with Crippen molar-refractivity contribution in [2.75, 3.05) is 19.5 Å². The van der Waals surface area contributed by atoms with E-state index >= 15 is 0 Å². The topological polar surface area (TPSA) is 47.6 Å². The summed E-state index contributed by atoms with van der Waals surface area (Å²) in [6, 6.07) is 11.2. The molecular weight excluding hydrogens is 346 g/mol. The molecule has 0 saturated heterocycles. The average molecular weight is 364 g/mol. The lowest BCUT2D eigenvalue weighted by Gasteiger charge is -2.13. The van der Waals surface area contributed by atoms with E-state index < -0.39 is 0 Å². The number of anilines is 1. The number of rotatable bonds is 5. The number of nitrogens with one attached hydrogen (secondary N) is 1. The first kappa shape index (κ1) is 16.4. The number of ether oxygens (including phenoxy) is 2. The zero-order valence-electron chi connectivity index (χ0n) is 12.8. The number of carbonyl (C=O) groups is 1. The van der Waals surface area contributed by atoms with E-state index in [-0.39, 0.29) is 12.3 Å². The summed E-state index contributed by atoms with van der Waals surface area (Å²) >= 11 is 3.42. The van der Waals surface area contributed by atoms with Gasteiger partial charge in [0.1, 0.15) is 0 Å². The van der Waals surface area contributed by atoms with Gasteiger partial charge in [0, 0.05) is 4.47 Å². The fraction of sp³-hybridized carbons (Fsp3) is 0.235. The highest BCUT2D eigenvalue weighted by Crippen LogP contribution is 2.30. The fourth-order valence-corrected chi connectivity index (χ4v) is 2.53. The molecule has 116 valence electrons. The number of benzene rings is 2. The Morgan fingerprint density at radius 3 is 2.41 bits per heavy atom. The Morgan fingerprint density at radius 2 is 1.77 bits per heavy atom. The summed E-state index contributed by atoms with van der Waals surface area (Å²) in [6.45, 7) is 1.95. The van der Waals surface area contributed by atoms with Crippen LogP contribution in [0.1, 0.15) is 11.1 Å².